The molecule has 0 aliphatic carbocycles. The van der Waals surface area contributed by atoms with E-state index in [1.807, 2.05) is 42.5 Å². The number of aromatic nitrogens is 1. The number of piperazine rings is 1. The monoisotopic (exact) mass is 343 g/mol. The zero-order chi connectivity index (χ0) is 16.8. The fourth-order valence-electron chi connectivity index (χ4n) is 2.70. The van der Waals surface area contributed by atoms with Gasteiger partial charge in [0.05, 0.1) is 0 Å². The van der Waals surface area contributed by atoms with Crippen molar-refractivity contribution in [3.05, 3.63) is 71.4 Å². The maximum Gasteiger partial charge on any atom is 0.236 e. The van der Waals surface area contributed by atoms with Crippen LogP contribution in [0.1, 0.15) is 11.1 Å². The molecule has 0 amide bonds. The molecule has 0 atom stereocenters. The van der Waals surface area contributed by atoms with Gasteiger partial charge < -0.3 is 0 Å². The Labute approximate surface area is 143 Å². The molecule has 1 aliphatic heterocycles. The number of sulfonamides is 1. The molecule has 1 saturated heterocycles. The first kappa shape index (κ1) is 16.8. The van der Waals surface area contributed by atoms with Crippen LogP contribution < -0.4 is 0 Å². The summed E-state index contributed by atoms with van der Waals surface area (Å²) in [6.07, 6.45) is 5.22. The minimum Gasteiger partial charge on any atom is -0.296 e. The average molecular weight is 343 g/mol. The molecule has 0 spiro atoms. The Morgan fingerprint density at radius 3 is 2.29 bits per heavy atom. The van der Waals surface area contributed by atoms with Crippen LogP contribution in [-0.4, -0.2) is 48.8 Å². The van der Waals surface area contributed by atoms with Crippen molar-refractivity contribution in [1.29, 1.82) is 0 Å². The van der Waals surface area contributed by atoms with Crippen LogP contribution >= 0.6 is 0 Å². The molecule has 5 nitrogen and oxygen atoms in total. The van der Waals surface area contributed by atoms with Crippen molar-refractivity contribution in [2.45, 2.75) is 6.54 Å². The van der Waals surface area contributed by atoms with Gasteiger partial charge >= 0.3 is 0 Å². The van der Waals surface area contributed by atoms with E-state index in [9.17, 15) is 8.42 Å². The van der Waals surface area contributed by atoms with Gasteiger partial charge in [-0.25, -0.2) is 8.42 Å². The van der Waals surface area contributed by atoms with Gasteiger partial charge in [0.25, 0.3) is 0 Å². The van der Waals surface area contributed by atoms with Crippen LogP contribution in [0.5, 0.6) is 0 Å². The molecule has 126 valence electrons. The highest BCUT2D eigenvalue weighted by molar-refractivity contribution is 7.92. The molecule has 2 aromatic rings. The Morgan fingerprint density at radius 2 is 1.62 bits per heavy atom. The van der Waals surface area contributed by atoms with E-state index < -0.39 is 10.0 Å². The summed E-state index contributed by atoms with van der Waals surface area (Å²) in [6, 6.07) is 13.5. The number of benzene rings is 1. The van der Waals surface area contributed by atoms with Gasteiger partial charge in [0.1, 0.15) is 0 Å². The van der Waals surface area contributed by atoms with Crippen LogP contribution in [0.15, 0.2) is 60.3 Å². The van der Waals surface area contributed by atoms with Crippen molar-refractivity contribution < 1.29 is 8.42 Å². The summed E-state index contributed by atoms with van der Waals surface area (Å²) in [6.45, 7) is 3.34. The number of pyridine rings is 1. The summed E-state index contributed by atoms with van der Waals surface area (Å²) >= 11 is 0. The van der Waals surface area contributed by atoms with Crippen molar-refractivity contribution in [2.75, 3.05) is 26.2 Å². The van der Waals surface area contributed by atoms with Gasteiger partial charge in [0, 0.05) is 50.5 Å². The molecule has 6 heteroatoms. The van der Waals surface area contributed by atoms with Crippen molar-refractivity contribution in [2.24, 2.45) is 0 Å². The first-order valence-electron chi connectivity index (χ1n) is 7.98. The average Bonchev–Trinajstić information content (AvgIpc) is 2.62. The third kappa shape index (κ3) is 4.50. The maximum atomic E-state index is 12.4. The van der Waals surface area contributed by atoms with Gasteiger partial charge in [-0.1, -0.05) is 30.3 Å². The van der Waals surface area contributed by atoms with Crippen molar-refractivity contribution in [3.63, 3.8) is 0 Å². The Bertz CT molecular complexity index is 768. The molecule has 0 radical (unpaired) electrons. The summed E-state index contributed by atoms with van der Waals surface area (Å²) in [5, 5.41) is 1.31. The molecule has 3 rings (SSSR count). The minimum absolute atomic E-state index is 0.520. The van der Waals surface area contributed by atoms with Gasteiger partial charge in [-0.15, -0.1) is 0 Å². The third-order valence-electron chi connectivity index (χ3n) is 4.08. The highest BCUT2D eigenvalue weighted by Gasteiger charge is 2.24. The van der Waals surface area contributed by atoms with E-state index in [-0.39, 0.29) is 0 Å². The summed E-state index contributed by atoms with van der Waals surface area (Å²) < 4.78 is 26.4. The van der Waals surface area contributed by atoms with Gasteiger partial charge in [0.15, 0.2) is 0 Å². The minimum atomic E-state index is -3.36. The van der Waals surface area contributed by atoms with E-state index in [1.165, 1.54) is 11.0 Å². The summed E-state index contributed by atoms with van der Waals surface area (Å²) in [7, 11) is -3.36. The van der Waals surface area contributed by atoms with Gasteiger partial charge in [-0.3, -0.25) is 9.88 Å². The van der Waals surface area contributed by atoms with E-state index in [4.69, 9.17) is 0 Å². The van der Waals surface area contributed by atoms with Crippen LogP contribution in [0.25, 0.3) is 6.08 Å². The topological polar surface area (TPSA) is 53.5 Å². The van der Waals surface area contributed by atoms with Crippen molar-refractivity contribution in [1.82, 2.24) is 14.2 Å². The number of hydrogen-bond donors (Lipinski definition) is 0. The van der Waals surface area contributed by atoms with E-state index in [1.54, 1.807) is 22.8 Å². The SMILES string of the molecule is O=S(=O)(/C=C/c1ccccc1)N1CCN(Cc2ccncc2)CC1. The summed E-state index contributed by atoms with van der Waals surface area (Å²) in [4.78, 5) is 6.28. The second-order valence-electron chi connectivity index (χ2n) is 5.79. The standard InChI is InChI=1S/C18H21N3O2S/c22-24(23,15-8-17-4-2-1-3-5-17)21-13-11-20(12-14-21)16-18-6-9-19-10-7-18/h1-10,15H,11-14,16H2/b15-8+. The molecule has 1 aliphatic rings. The molecular weight excluding hydrogens is 322 g/mol. The molecule has 0 bridgehead atoms. The van der Waals surface area contributed by atoms with Crippen LogP contribution in [-0.2, 0) is 16.6 Å². The first-order valence-corrected chi connectivity index (χ1v) is 9.48. The normalized spacial score (nSPS) is 17.3. The zero-order valence-corrected chi connectivity index (χ0v) is 14.3. The lowest BCUT2D eigenvalue weighted by Crippen LogP contribution is -2.47. The van der Waals surface area contributed by atoms with E-state index in [0.717, 1.165) is 25.2 Å². The fraction of sp³-hybridized carbons (Fsp3) is 0.278. The number of hydrogen-bond acceptors (Lipinski definition) is 4. The highest BCUT2D eigenvalue weighted by atomic mass is 32.2. The van der Waals surface area contributed by atoms with Gasteiger partial charge in [-0.05, 0) is 29.3 Å². The molecule has 1 fully saturated rings. The van der Waals surface area contributed by atoms with Crippen LogP contribution in [0, 0.1) is 0 Å². The van der Waals surface area contributed by atoms with Gasteiger partial charge in [0.2, 0.25) is 10.0 Å². The van der Waals surface area contributed by atoms with Crippen LogP contribution in [0.2, 0.25) is 0 Å². The molecule has 1 aromatic carbocycles. The highest BCUT2D eigenvalue weighted by Crippen LogP contribution is 2.13. The fourth-order valence-corrected chi connectivity index (χ4v) is 3.88. The van der Waals surface area contributed by atoms with Crippen LogP contribution in [0.3, 0.4) is 0 Å². The molecular formula is C18H21N3O2S. The van der Waals surface area contributed by atoms with Crippen molar-refractivity contribution >= 4 is 16.1 Å². The molecule has 1 aromatic heterocycles. The summed E-state index contributed by atoms with van der Waals surface area (Å²) in [5.41, 5.74) is 2.09. The first-order chi connectivity index (χ1) is 11.6. The van der Waals surface area contributed by atoms with Crippen molar-refractivity contribution in [3.8, 4) is 0 Å². The lowest BCUT2D eigenvalue weighted by atomic mass is 10.2. The number of nitrogens with zero attached hydrogens (tertiary/aromatic N) is 3. The Hall–Kier alpha value is -2.02. The van der Waals surface area contributed by atoms with Gasteiger partial charge in [-0.2, -0.15) is 4.31 Å². The third-order valence-corrected chi connectivity index (χ3v) is 5.64. The molecule has 2 heterocycles. The Balaban J connectivity index is 1.56. The van der Waals surface area contributed by atoms with E-state index >= 15 is 0 Å². The van der Waals surface area contributed by atoms with E-state index in [2.05, 4.69) is 9.88 Å². The second kappa shape index (κ2) is 7.70. The molecule has 0 N–H and O–H groups in total. The smallest absolute Gasteiger partial charge is 0.236 e. The maximum absolute atomic E-state index is 12.4. The lowest BCUT2D eigenvalue weighted by molar-refractivity contribution is 0.182. The largest absolute Gasteiger partial charge is 0.296 e. The predicted molar refractivity (Wildman–Crippen MR) is 95.5 cm³/mol. The molecule has 0 saturated carbocycles. The number of rotatable bonds is 5. The van der Waals surface area contributed by atoms with E-state index in [0.29, 0.717) is 13.1 Å². The quantitative estimate of drug-likeness (QED) is 0.835. The predicted octanol–water partition coefficient (Wildman–Crippen LogP) is 2.20. The molecule has 0 unspecified atom stereocenters. The van der Waals surface area contributed by atoms with Crippen LogP contribution in [0.4, 0.5) is 0 Å². The Kier molecular flexibility index (Phi) is 5.40. The Morgan fingerprint density at radius 1 is 0.958 bits per heavy atom. The molecule has 24 heavy (non-hydrogen) atoms. The summed E-state index contributed by atoms with van der Waals surface area (Å²) in [5.74, 6) is 0. The zero-order valence-electron chi connectivity index (χ0n) is 13.5. The second-order valence-corrected chi connectivity index (χ2v) is 7.61. The lowest BCUT2D eigenvalue weighted by Gasteiger charge is -2.33.